The number of nitrogens with one attached hydrogen (secondary N) is 2. The van der Waals surface area contributed by atoms with E-state index < -0.39 is 17.5 Å². The van der Waals surface area contributed by atoms with Crippen molar-refractivity contribution in [3.8, 4) is 0 Å². The Hall–Kier alpha value is -1.98. The summed E-state index contributed by atoms with van der Waals surface area (Å²) in [6, 6.07) is 3.05. The molecule has 1 unspecified atom stereocenters. The van der Waals surface area contributed by atoms with Crippen LogP contribution in [-0.2, 0) is 4.79 Å². The summed E-state index contributed by atoms with van der Waals surface area (Å²) < 4.78 is 26.6. The van der Waals surface area contributed by atoms with Gasteiger partial charge in [0.15, 0.2) is 0 Å². The zero-order chi connectivity index (χ0) is 20.6. The van der Waals surface area contributed by atoms with E-state index in [1.54, 1.807) is 0 Å². The average molecular weight is 405 g/mol. The molecule has 0 spiro atoms. The van der Waals surface area contributed by atoms with E-state index in [1.807, 2.05) is 0 Å². The van der Waals surface area contributed by atoms with Crippen LogP contribution in [0.2, 0.25) is 0 Å². The molecule has 1 aromatic carbocycles. The molecule has 4 nitrogen and oxygen atoms in total. The second kappa shape index (κ2) is 8.04. The highest BCUT2D eigenvalue weighted by Gasteiger charge is 2.53. The van der Waals surface area contributed by atoms with Gasteiger partial charge < -0.3 is 10.6 Å². The fourth-order valence-electron chi connectivity index (χ4n) is 6.39. The summed E-state index contributed by atoms with van der Waals surface area (Å²) in [7, 11) is 0. The van der Waals surface area contributed by atoms with Gasteiger partial charge in [-0.05, 0) is 87.2 Å². The first-order valence-electron chi connectivity index (χ1n) is 10.9. The van der Waals surface area contributed by atoms with Gasteiger partial charge in [0.1, 0.15) is 11.6 Å². The lowest BCUT2D eigenvalue weighted by atomic mass is 9.48. The average Bonchev–Trinajstić information content (AvgIpc) is 2.64. The summed E-state index contributed by atoms with van der Waals surface area (Å²) in [6.45, 7) is 2.43. The first kappa shape index (κ1) is 20.3. The summed E-state index contributed by atoms with van der Waals surface area (Å²) in [5.74, 6) is 0.363. The maximum atomic E-state index is 13.6. The fourth-order valence-corrected chi connectivity index (χ4v) is 6.39. The Morgan fingerprint density at radius 3 is 2.31 bits per heavy atom. The highest BCUT2D eigenvalue weighted by atomic mass is 19.1. The predicted octanol–water partition coefficient (Wildman–Crippen LogP) is 4.20. The van der Waals surface area contributed by atoms with Crippen LogP contribution in [0.3, 0.4) is 0 Å². The highest BCUT2D eigenvalue weighted by molar-refractivity contribution is 5.94. The molecule has 1 aromatic rings. The Labute approximate surface area is 170 Å². The number of hydrogen-bond donors (Lipinski definition) is 2. The first-order valence-corrected chi connectivity index (χ1v) is 10.9. The third-order valence-electron chi connectivity index (χ3n) is 7.42. The van der Waals surface area contributed by atoms with Crippen LogP contribution in [0.1, 0.15) is 68.6 Å². The van der Waals surface area contributed by atoms with E-state index in [9.17, 15) is 18.4 Å². The first-order chi connectivity index (χ1) is 13.8. The van der Waals surface area contributed by atoms with Crippen molar-refractivity contribution < 1.29 is 18.4 Å². The minimum Gasteiger partial charge on any atom is -0.353 e. The van der Waals surface area contributed by atoms with Gasteiger partial charge in [-0.25, -0.2) is 8.78 Å². The normalized spacial score (nSPS) is 30.8. The van der Waals surface area contributed by atoms with Crippen LogP contribution >= 0.6 is 0 Å². The van der Waals surface area contributed by atoms with E-state index in [0.717, 1.165) is 29.9 Å². The lowest BCUT2D eigenvalue weighted by Crippen LogP contribution is -2.55. The second-order valence-corrected chi connectivity index (χ2v) is 9.55. The molecule has 6 heteroatoms. The van der Waals surface area contributed by atoms with Crippen LogP contribution in [0.4, 0.5) is 8.78 Å². The van der Waals surface area contributed by atoms with Crippen molar-refractivity contribution in [2.45, 2.75) is 64.3 Å². The molecule has 5 rings (SSSR count). The van der Waals surface area contributed by atoms with Crippen molar-refractivity contribution in [2.24, 2.45) is 23.2 Å². The minimum atomic E-state index is -0.885. The molecule has 4 aliphatic carbocycles. The third-order valence-corrected chi connectivity index (χ3v) is 7.42. The van der Waals surface area contributed by atoms with Gasteiger partial charge in [-0.3, -0.25) is 9.59 Å². The Kier molecular flexibility index (Phi) is 5.63. The van der Waals surface area contributed by atoms with E-state index in [1.165, 1.54) is 38.5 Å². The summed E-state index contributed by atoms with van der Waals surface area (Å²) in [6.07, 6.45) is 8.70. The molecule has 4 aliphatic rings. The number of amides is 2. The molecule has 4 fully saturated rings. The monoisotopic (exact) mass is 404 g/mol. The zero-order valence-electron chi connectivity index (χ0n) is 17.0. The van der Waals surface area contributed by atoms with E-state index in [2.05, 4.69) is 17.6 Å². The molecule has 0 aromatic heterocycles. The van der Waals surface area contributed by atoms with Crippen LogP contribution in [0.25, 0.3) is 0 Å². The third kappa shape index (κ3) is 4.31. The number of halogens is 2. The van der Waals surface area contributed by atoms with Crippen LogP contribution < -0.4 is 10.6 Å². The molecule has 4 bridgehead atoms. The van der Waals surface area contributed by atoms with Crippen LogP contribution in [0.15, 0.2) is 18.2 Å². The SMILES string of the molecule is CC(NC(=O)CCCNC(=O)c1ccc(F)cc1F)C12CC3CC(CC(C3)C1)C2. The number of hydrogen-bond acceptors (Lipinski definition) is 2. The molecule has 4 saturated carbocycles. The second-order valence-electron chi connectivity index (χ2n) is 9.55. The summed E-state index contributed by atoms with van der Waals surface area (Å²) in [4.78, 5) is 24.4. The smallest absolute Gasteiger partial charge is 0.254 e. The van der Waals surface area contributed by atoms with Crippen molar-refractivity contribution in [1.82, 2.24) is 10.6 Å². The highest BCUT2D eigenvalue weighted by Crippen LogP contribution is 2.61. The van der Waals surface area contributed by atoms with Crippen molar-refractivity contribution >= 4 is 11.8 Å². The van der Waals surface area contributed by atoms with Gasteiger partial charge in [0.05, 0.1) is 5.56 Å². The molecular weight excluding hydrogens is 374 g/mol. The van der Waals surface area contributed by atoms with Gasteiger partial charge in [-0.15, -0.1) is 0 Å². The topological polar surface area (TPSA) is 58.2 Å². The lowest BCUT2D eigenvalue weighted by Gasteiger charge is -2.59. The quantitative estimate of drug-likeness (QED) is 0.670. The van der Waals surface area contributed by atoms with Crippen molar-refractivity contribution in [1.29, 1.82) is 0 Å². The van der Waals surface area contributed by atoms with Gasteiger partial charge in [-0.1, -0.05) is 0 Å². The molecule has 0 saturated heterocycles. The summed E-state index contributed by atoms with van der Waals surface area (Å²) in [5, 5.41) is 5.81. The Morgan fingerprint density at radius 1 is 1.10 bits per heavy atom. The van der Waals surface area contributed by atoms with Crippen LogP contribution in [-0.4, -0.2) is 24.4 Å². The van der Waals surface area contributed by atoms with Crippen molar-refractivity contribution in [3.05, 3.63) is 35.4 Å². The number of rotatable bonds is 7. The fraction of sp³-hybridized carbons (Fsp3) is 0.652. The Bertz CT molecular complexity index is 760. The lowest BCUT2D eigenvalue weighted by molar-refractivity contribution is -0.126. The Balaban J connectivity index is 1.21. The maximum Gasteiger partial charge on any atom is 0.254 e. The molecule has 0 aliphatic heterocycles. The van der Waals surface area contributed by atoms with Crippen LogP contribution in [0, 0.1) is 34.8 Å². The molecule has 2 N–H and O–H groups in total. The van der Waals surface area contributed by atoms with Gasteiger partial charge in [0.2, 0.25) is 5.91 Å². The van der Waals surface area contributed by atoms with Gasteiger partial charge in [0.25, 0.3) is 5.91 Å². The summed E-state index contributed by atoms with van der Waals surface area (Å²) in [5.41, 5.74) is 0.0879. The molecule has 1 atom stereocenters. The largest absolute Gasteiger partial charge is 0.353 e. The molecular formula is C23H30F2N2O2. The Morgan fingerprint density at radius 2 is 1.72 bits per heavy atom. The standard InChI is InChI=1S/C23H30F2N2O2/c1-14(23-11-15-7-16(12-23)9-17(8-15)13-23)27-21(28)3-2-6-26-22(29)19-5-4-18(24)10-20(19)25/h4-5,10,14-17H,2-3,6-9,11-13H2,1H3,(H,26,29)(H,27,28). The van der Waals surface area contributed by atoms with Crippen LogP contribution in [0.5, 0.6) is 0 Å². The zero-order valence-corrected chi connectivity index (χ0v) is 17.0. The minimum absolute atomic E-state index is 0.00968. The van der Waals surface area contributed by atoms with Gasteiger partial charge in [-0.2, -0.15) is 0 Å². The van der Waals surface area contributed by atoms with Gasteiger partial charge in [0, 0.05) is 25.1 Å². The van der Waals surface area contributed by atoms with E-state index >= 15 is 0 Å². The predicted molar refractivity (Wildman–Crippen MR) is 106 cm³/mol. The van der Waals surface area contributed by atoms with Crippen molar-refractivity contribution in [3.63, 3.8) is 0 Å². The molecule has 29 heavy (non-hydrogen) atoms. The van der Waals surface area contributed by atoms with E-state index in [4.69, 9.17) is 0 Å². The summed E-state index contributed by atoms with van der Waals surface area (Å²) >= 11 is 0. The maximum absolute atomic E-state index is 13.6. The number of carbonyl (C=O) groups is 2. The molecule has 2 amide bonds. The molecule has 0 radical (unpaired) electrons. The van der Waals surface area contributed by atoms with Crippen molar-refractivity contribution in [2.75, 3.05) is 6.54 Å². The van der Waals surface area contributed by atoms with E-state index in [-0.39, 0.29) is 29.5 Å². The van der Waals surface area contributed by atoms with Gasteiger partial charge >= 0.3 is 0 Å². The molecule has 158 valence electrons. The number of benzene rings is 1. The molecule has 0 heterocycles. The van der Waals surface area contributed by atoms with E-state index in [0.29, 0.717) is 18.9 Å². The number of carbonyl (C=O) groups excluding carboxylic acids is 2.